The molecule has 0 atom stereocenters. The average molecular weight is 481 g/mol. The van der Waals surface area contributed by atoms with Crippen LogP contribution in [0.25, 0.3) is 10.9 Å². The molecule has 0 unspecified atom stereocenters. The van der Waals surface area contributed by atoms with Crippen LogP contribution in [0.2, 0.25) is 0 Å². The molecule has 0 spiro atoms. The van der Waals surface area contributed by atoms with E-state index in [-0.39, 0.29) is 10.8 Å². The quantitative estimate of drug-likeness (QED) is 0.538. The van der Waals surface area contributed by atoms with Gasteiger partial charge in [-0.1, -0.05) is 11.6 Å². The van der Waals surface area contributed by atoms with Gasteiger partial charge in [0.25, 0.3) is 5.91 Å². The van der Waals surface area contributed by atoms with Crippen LogP contribution in [-0.4, -0.2) is 56.3 Å². The van der Waals surface area contributed by atoms with Gasteiger partial charge in [-0.15, -0.1) is 0 Å². The van der Waals surface area contributed by atoms with Crippen LogP contribution < -0.4 is 10.2 Å². The maximum atomic E-state index is 13.5. The van der Waals surface area contributed by atoms with E-state index in [2.05, 4.69) is 40.3 Å². The van der Waals surface area contributed by atoms with Crippen LogP contribution >= 0.6 is 0 Å². The van der Waals surface area contributed by atoms with E-state index in [9.17, 15) is 13.2 Å². The molecule has 2 N–H and O–H groups in total. The van der Waals surface area contributed by atoms with E-state index in [0.29, 0.717) is 31.6 Å². The standard InChI is InChI=1S/C26H32N4O3S/c1-19-6-8-23-22(16-19)21(18-28-23)10-11-27-26(31)20-7-9-24(29-12-2-3-13-29)25(17-20)34(32,33)30-14-4-5-15-30/h6-9,16-18,28H,2-5,10-15H2,1H3,(H,27,31). The number of amides is 1. The van der Waals surface area contributed by atoms with Crippen molar-refractivity contribution in [2.75, 3.05) is 37.6 Å². The molecule has 34 heavy (non-hydrogen) atoms. The van der Waals surface area contributed by atoms with Gasteiger partial charge in [0.05, 0.1) is 5.69 Å². The molecule has 2 aliphatic heterocycles. The molecule has 0 saturated carbocycles. The molecule has 2 fully saturated rings. The summed E-state index contributed by atoms with van der Waals surface area (Å²) < 4.78 is 28.5. The largest absolute Gasteiger partial charge is 0.370 e. The monoisotopic (exact) mass is 480 g/mol. The number of hydrogen-bond donors (Lipinski definition) is 2. The van der Waals surface area contributed by atoms with Crippen molar-refractivity contribution >= 4 is 32.5 Å². The minimum atomic E-state index is -3.64. The molecule has 2 aliphatic rings. The van der Waals surface area contributed by atoms with Crippen molar-refractivity contribution in [1.29, 1.82) is 0 Å². The first-order valence-electron chi connectivity index (χ1n) is 12.2. The molecule has 2 saturated heterocycles. The summed E-state index contributed by atoms with van der Waals surface area (Å²) in [6, 6.07) is 11.4. The molecule has 3 heterocycles. The molecule has 2 aromatic carbocycles. The van der Waals surface area contributed by atoms with E-state index in [1.165, 1.54) is 10.9 Å². The van der Waals surface area contributed by atoms with Gasteiger partial charge in [-0.25, -0.2) is 8.42 Å². The first-order valence-corrected chi connectivity index (χ1v) is 13.6. The van der Waals surface area contributed by atoms with Gasteiger partial charge in [0, 0.05) is 55.4 Å². The number of aromatic nitrogens is 1. The van der Waals surface area contributed by atoms with Crippen molar-refractivity contribution in [3.05, 3.63) is 59.3 Å². The Balaban J connectivity index is 1.35. The lowest BCUT2D eigenvalue weighted by atomic mass is 10.1. The lowest BCUT2D eigenvalue weighted by Gasteiger charge is -2.24. The van der Waals surface area contributed by atoms with Crippen molar-refractivity contribution in [2.45, 2.75) is 43.9 Å². The zero-order valence-corrected chi connectivity index (χ0v) is 20.5. The number of nitrogens with one attached hydrogen (secondary N) is 2. The number of aromatic amines is 1. The SMILES string of the molecule is Cc1ccc2[nH]cc(CCNC(=O)c3ccc(N4CCCC4)c(S(=O)(=O)N4CCCC4)c3)c2c1. The summed E-state index contributed by atoms with van der Waals surface area (Å²) in [7, 11) is -3.64. The lowest BCUT2D eigenvalue weighted by molar-refractivity contribution is 0.0954. The van der Waals surface area contributed by atoms with Gasteiger partial charge in [0.1, 0.15) is 4.90 Å². The number of aryl methyl sites for hydroxylation is 1. The molecule has 1 aromatic heterocycles. The number of benzene rings is 2. The van der Waals surface area contributed by atoms with Gasteiger partial charge in [0.15, 0.2) is 0 Å². The molecule has 180 valence electrons. The highest BCUT2D eigenvalue weighted by Gasteiger charge is 2.32. The Bertz CT molecular complexity index is 1300. The van der Waals surface area contributed by atoms with Gasteiger partial charge in [-0.3, -0.25) is 4.79 Å². The molecule has 0 bridgehead atoms. The van der Waals surface area contributed by atoms with E-state index >= 15 is 0 Å². The number of fused-ring (bicyclic) bond motifs is 1. The fraction of sp³-hybridized carbons (Fsp3) is 0.423. The fourth-order valence-electron chi connectivity index (χ4n) is 5.06. The van der Waals surface area contributed by atoms with Crippen molar-refractivity contribution in [3.8, 4) is 0 Å². The topological polar surface area (TPSA) is 85.5 Å². The molecular weight excluding hydrogens is 448 g/mol. The third kappa shape index (κ3) is 4.44. The molecule has 3 aromatic rings. The highest BCUT2D eigenvalue weighted by Crippen LogP contribution is 2.33. The smallest absolute Gasteiger partial charge is 0.251 e. The zero-order chi connectivity index (χ0) is 23.7. The highest BCUT2D eigenvalue weighted by molar-refractivity contribution is 7.89. The van der Waals surface area contributed by atoms with Crippen molar-refractivity contribution in [3.63, 3.8) is 0 Å². The summed E-state index contributed by atoms with van der Waals surface area (Å²) in [5, 5.41) is 4.15. The second-order valence-electron chi connectivity index (χ2n) is 9.36. The lowest BCUT2D eigenvalue weighted by Crippen LogP contribution is -2.31. The summed E-state index contributed by atoms with van der Waals surface area (Å²) in [6.45, 7) is 5.32. The van der Waals surface area contributed by atoms with Crippen molar-refractivity contribution < 1.29 is 13.2 Å². The number of H-pyrrole nitrogens is 1. The third-order valence-corrected chi connectivity index (χ3v) is 8.88. The van der Waals surface area contributed by atoms with Crippen LogP contribution in [0, 0.1) is 6.92 Å². The second kappa shape index (κ2) is 9.43. The summed E-state index contributed by atoms with van der Waals surface area (Å²) in [4.78, 5) is 18.7. The van der Waals surface area contributed by atoms with Gasteiger partial charge in [0.2, 0.25) is 10.0 Å². The summed E-state index contributed by atoms with van der Waals surface area (Å²) in [5.41, 5.74) is 4.54. The predicted molar refractivity (Wildman–Crippen MR) is 135 cm³/mol. The fourth-order valence-corrected chi connectivity index (χ4v) is 6.82. The number of rotatable bonds is 7. The average Bonchev–Trinajstić information content (AvgIpc) is 3.61. The number of carbonyl (C=O) groups is 1. The van der Waals surface area contributed by atoms with Crippen LogP contribution in [0.5, 0.6) is 0 Å². The van der Waals surface area contributed by atoms with Gasteiger partial charge < -0.3 is 15.2 Å². The molecule has 1 amide bonds. The van der Waals surface area contributed by atoms with E-state index in [0.717, 1.165) is 55.5 Å². The first-order chi connectivity index (χ1) is 16.4. The Morgan fingerprint density at radius 1 is 1.00 bits per heavy atom. The van der Waals surface area contributed by atoms with Crippen LogP contribution in [-0.2, 0) is 16.4 Å². The van der Waals surface area contributed by atoms with Gasteiger partial charge >= 0.3 is 0 Å². The third-order valence-electron chi connectivity index (χ3n) is 6.95. The van der Waals surface area contributed by atoms with E-state index < -0.39 is 10.0 Å². The number of nitrogens with zero attached hydrogens (tertiary/aromatic N) is 2. The molecule has 0 radical (unpaired) electrons. The van der Waals surface area contributed by atoms with Crippen LogP contribution in [0.1, 0.15) is 47.2 Å². The van der Waals surface area contributed by atoms with Gasteiger partial charge in [-0.2, -0.15) is 4.31 Å². The molecular formula is C26H32N4O3S. The number of carbonyl (C=O) groups excluding carboxylic acids is 1. The second-order valence-corrected chi connectivity index (χ2v) is 11.3. The van der Waals surface area contributed by atoms with Gasteiger partial charge in [-0.05, 0) is 74.9 Å². The van der Waals surface area contributed by atoms with Crippen molar-refractivity contribution in [1.82, 2.24) is 14.6 Å². The molecule has 7 nitrogen and oxygen atoms in total. The molecule has 0 aliphatic carbocycles. The van der Waals surface area contributed by atoms with Crippen LogP contribution in [0.15, 0.2) is 47.5 Å². The Morgan fingerprint density at radius 3 is 2.50 bits per heavy atom. The zero-order valence-electron chi connectivity index (χ0n) is 19.6. The van der Waals surface area contributed by atoms with Crippen LogP contribution in [0.4, 0.5) is 5.69 Å². The minimum Gasteiger partial charge on any atom is -0.370 e. The van der Waals surface area contributed by atoms with E-state index in [4.69, 9.17) is 0 Å². The molecule has 8 heteroatoms. The Morgan fingerprint density at radius 2 is 1.74 bits per heavy atom. The minimum absolute atomic E-state index is 0.248. The molecule has 5 rings (SSSR count). The predicted octanol–water partition coefficient (Wildman–Crippen LogP) is 3.83. The first kappa shape index (κ1) is 22.9. The summed E-state index contributed by atoms with van der Waals surface area (Å²) >= 11 is 0. The number of anilines is 1. The normalized spacial score (nSPS) is 17.0. The highest BCUT2D eigenvalue weighted by atomic mass is 32.2. The Labute approximate surface area is 201 Å². The van der Waals surface area contributed by atoms with E-state index in [1.54, 1.807) is 16.4 Å². The maximum absolute atomic E-state index is 13.5. The Kier molecular flexibility index (Phi) is 6.36. The maximum Gasteiger partial charge on any atom is 0.251 e. The van der Waals surface area contributed by atoms with E-state index in [1.807, 2.05) is 12.3 Å². The number of sulfonamides is 1. The van der Waals surface area contributed by atoms with Crippen molar-refractivity contribution in [2.24, 2.45) is 0 Å². The summed E-state index contributed by atoms with van der Waals surface area (Å²) in [6.07, 6.45) is 6.55. The van der Waals surface area contributed by atoms with Crippen LogP contribution in [0.3, 0.4) is 0 Å². The number of hydrogen-bond acceptors (Lipinski definition) is 4. The Hall–Kier alpha value is -2.84. The summed E-state index contributed by atoms with van der Waals surface area (Å²) in [5.74, 6) is -0.248.